The first kappa shape index (κ1) is 19.3. The number of esters is 1. The van der Waals surface area contributed by atoms with E-state index >= 15 is 0 Å². The maximum absolute atomic E-state index is 12.4. The molecule has 2 aromatic rings. The Hall–Kier alpha value is -3.49. The molecule has 0 spiro atoms. The first-order valence-corrected chi connectivity index (χ1v) is 8.70. The number of nitro groups is 1. The van der Waals surface area contributed by atoms with E-state index in [1.807, 2.05) is 0 Å². The topological polar surface area (TPSA) is 121 Å². The van der Waals surface area contributed by atoms with Crippen LogP contribution < -0.4 is 10.1 Å². The van der Waals surface area contributed by atoms with Gasteiger partial charge in [-0.3, -0.25) is 14.9 Å². The van der Waals surface area contributed by atoms with E-state index in [4.69, 9.17) is 4.74 Å². The maximum atomic E-state index is 12.4. The molecule has 9 nitrogen and oxygen atoms in total. The molecule has 0 bridgehead atoms. The lowest BCUT2D eigenvalue weighted by molar-refractivity contribution is -0.384. The van der Waals surface area contributed by atoms with Crippen molar-refractivity contribution in [1.29, 1.82) is 0 Å². The van der Waals surface area contributed by atoms with Crippen LogP contribution in [0.1, 0.15) is 39.1 Å². The van der Waals surface area contributed by atoms with Gasteiger partial charge < -0.3 is 14.8 Å². The van der Waals surface area contributed by atoms with Gasteiger partial charge >= 0.3 is 5.97 Å². The summed E-state index contributed by atoms with van der Waals surface area (Å²) in [4.78, 5) is 38.6. The Bertz CT molecular complexity index is 893. The van der Waals surface area contributed by atoms with Gasteiger partial charge in [-0.15, -0.1) is 0 Å². The Morgan fingerprint density at radius 3 is 2.61 bits per heavy atom. The van der Waals surface area contributed by atoms with Crippen molar-refractivity contribution in [2.45, 2.75) is 19.4 Å². The Morgan fingerprint density at radius 2 is 2.00 bits per heavy atom. The van der Waals surface area contributed by atoms with Crippen molar-refractivity contribution in [3.8, 4) is 5.88 Å². The van der Waals surface area contributed by atoms with Crippen LogP contribution in [-0.2, 0) is 11.3 Å². The number of nitro benzene ring substituents is 1. The molecule has 1 aromatic heterocycles. The van der Waals surface area contributed by atoms with Crippen molar-refractivity contribution in [2.24, 2.45) is 5.92 Å². The second kappa shape index (κ2) is 8.47. The van der Waals surface area contributed by atoms with Gasteiger partial charge in [-0.1, -0.05) is 6.07 Å². The van der Waals surface area contributed by atoms with Crippen LogP contribution in [-0.4, -0.2) is 35.5 Å². The third kappa shape index (κ3) is 5.03. The van der Waals surface area contributed by atoms with Crippen LogP contribution in [0.2, 0.25) is 0 Å². The predicted molar refractivity (Wildman–Crippen MR) is 98.1 cm³/mol. The minimum atomic E-state index is -0.760. The molecule has 28 heavy (non-hydrogen) atoms. The summed E-state index contributed by atoms with van der Waals surface area (Å²) in [5, 5.41) is 13.7. The third-order valence-corrected chi connectivity index (χ3v) is 4.23. The Morgan fingerprint density at radius 1 is 1.25 bits per heavy atom. The van der Waals surface area contributed by atoms with Crippen molar-refractivity contribution in [2.75, 3.05) is 13.7 Å². The Kier molecular flexibility index (Phi) is 5.83. The van der Waals surface area contributed by atoms with E-state index in [2.05, 4.69) is 15.0 Å². The number of carbonyl (C=O) groups is 2. The standard InChI is InChI=1S/C19H19N3O6/c1-27-19(24)15-6-14(7-16(8-15)22(25)26)18(23)21-10-13-4-5-17(20-9-13)28-11-12-2-3-12/h4-9,12H,2-3,10-11H2,1H3,(H,21,23). The molecular formula is C19H19N3O6. The number of hydrogen-bond acceptors (Lipinski definition) is 7. The molecule has 0 aliphatic heterocycles. The highest BCUT2D eigenvalue weighted by Crippen LogP contribution is 2.29. The lowest BCUT2D eigenvalue weighted by atomic mass is 10.1. The number of aromatic nitrogens is 1. The van der Waals surface area contributed by atoms with Gasteiger partial charge in [-0.2, -0.15) is 0 Å². The van der Waals surface area contributed by atoms with Gasteiger partial charge in [0.15, 0.2) is 0 Å². The molecule has 0 radical (unpaired) electrons. The van der Waals surface area contributed by atoms with Gasteiger partial charge in [-0.05, 0) is 30.4 Å². The van der Waals surface area contributed by atoms with Crippen LogP contribution in [0.3, 0.4) is 0 Å². The molecule has 1 fully saturated rings. The average molecular weight is 385 g/mol. The molecule has 1 aliphatic rings. The third-order valence-electron chi connectivity index (χ3n) is 4.23. The number of methoxy groups -OCH3 is 1. The molecule has 0 atom stereocenters. The SMILES string of the molecule is COC(=O)c1cc(C(=O)NCc2ccc(OCC3CC3)nc2)cc([N+](=O)[O-])c1. The molecule has 0 unspecified atom stereocenters. The van der Waals surface area contributed by atoms with E-state index in [0.717, 1.165) is 24.8 Å². The van der Waals surface area contributed by atoms with Crippen molar-refractivity contribution < 1.29 is 24.0 Å². The molecule has 0 saturated heterocycles. The Labute approximate surface area is 160 Å². The van der Waals surface area contributed by atoms with E-state index in [-0.39, 0.29) is 23.4 Å². The van der Waals surface area contributed by atoms with E-state index in [0.29, 0.717) is 18.4 Å². The lowest BCUT2D eigenvalue weighted by Crippen LogP contribution is -2.23. The molecule has 146 valence electrons. The second-order valence-electron chi connectivity index (χ2n) is 6.46. The van der Waals surface area contributed by atoms with E-state index in [1.165, 1.54) is 18.9 Å². The normalized spacial score (nSPS) is 12.9. The van der Waals surface area contributed by atoms with Gasteiger partial charge in [-0.25, -0.2) is 9.78 Å². The quantitative estimate of drug-likeness (QED) is 0.421. The molecule has 1 aliphatic carbocycles. The fraction of sp³-hybridized carbons (Fsp3) is 0.316. The van der Waals surface area contributed by atoms with Crippen molar-refractivity contribution in [3.63, 3.8) is 0 Å². The highest BCUT2D eigenvalue weighted by molar-refractivity contribution is 5.98. The predicted octanol–water partition coefficient (Wildman–Crippen LogP) is 2.50. The summed E-state index contributed by atoms with van der Waals surface area (Å²) in [5.74, 6) is -0.152. The zero-order valence-corrected chi connectivity index (χ0v) is 15.2. The summed E-state index contributed by atoms with van der Waals surface area (Å²) in [7, 11) is 1.16. The molecule has 3 rings (SSSR count). The first-order chi connectivity index (χ1) is 13.5. The summed E-state index contributed by atoms with van der Waals surface area (Å²) >= 11 is 0. The lowest BCUT2D eigenvalue weighted by Gasteiger charge is -2.08. The van der Waals surface area contributed by atoms with Crippen LogP contribution >= 0.6 is 0 Å². The molecule has 1 amide bonds. The zero-order valence-electron chi connectivity index (χ0n) is 15.2. The number of pyridine rings is 1. The van der Waals surface area contributed by atoms with Crippen molar-refractivity contribution in [3.05, 3.63) is 63.3 Å². The Balaban J connectivity index is 1.64. The fourth-order valence-electron chi connectivity index (χ4n) is 2.46. The minimum Gasteiger partial charge on any atom is -0.477 e. The number of nitrogens with one attached hydrogen (secondary N) is 1. The first-order valence-electron chi connectivity index (χ1n) is 8.70. The van der Waals surface area contributed by atoms with Crippen LogP contribution in [0.25, 0.3) is 0 Å². The van der Waals surface area contributed by atoms with Crippen LogP contribution in [0.15, 0.2) is 36.5 Å². The summed E-state index contributed by atoms with van der Waals surface area (Å²) in [6.45, 7) is 0.837. The van der Waals surface area contributed by atoms with Crippen LogP contribution in [0, 0.1) is 16.0 Å². The summed E-state index contributed by atoms with van der Waals surface area (Å²) < 4.78 is 10.1. The van der Waals surface area contributed by atoms with E-state index in [1.54, 1.807) is 18.3 Å². The fourth-order valence-corrected chi connectivity index (χ4v) is 2.46. The number of ether oxygens (including phenoxy) is 2. The molecule has 1 aromatic carbocycles. The van der Waals surface area contributed by atoms with E-state index in [9.17, 15) is 19.7 Å². The zero-order chi connectivity index (χ0) is 20.1. The number of nitrogens with zero attached hydrogens (tertiary/aromatic N) is 2. The van der Waals surface area contributed by atoms with Crippen LogP contribution in [0.5, 0.6) is 5.88 Å². The smallest absolute Gasteiger partial charge is 0.338 e. The largest absolute Gasteiger partial charge is 0.477 e. The van der Waals surface area contributed by atoms with Crippen molar-refractivity contribution in [1.82, 2.24) is 10.3 Å². The monoisotopic (exact) mass is 385 g/mol. The van der Waals surface area contributed by atoms with Gasteiger partial charge in [0.05, 0.1) is 24.2 Å². The molecular weight excluding hydrogens is 366 g/mol. The number of carbonyl (C=O) groups excluding carboxylic acids is 2. The minimum absolute atomic E-state index is 0.00746. The van der Waals surface area contributed by atoms with E-state index < -0.39 is 16.8 Å². The van der Waals surface area contributed by atoms with Gasteiger partial charge in [0, 0.05) is 36.5 Å². The number of amides is 1. The molecule has 1 N–H and O–H groups in total. The second-order valence-corrected chi connectivity index (χ2v) is 6.46. The molecule has 1 heterocycles. The average Bonchev–Trinajstić information content (AvgIpc) is 3.54. The van der Waals surface area contributed by atoms with Gasteiger partial charge in [0.2, 0.25) is 5.88 Å². The highest BCUT2D eigenvalue weighted by atomic mass is 16.6. The van der Waals surface area contributed by atoms with Crippen LogP contribution in [0.4, 0.5) is 5.69 Å². The van der Waals surface area contributed by atoms with Crippen molar-refractivity contribution >= 4 is 17.6 Å². The molecule has 9 heteroatoms. The summed E-state index contributed by atoms with van der Waals surface area (Å²) in [6, 6.07) is 6.93. The number of hydrogen-bond donors (Lipinski definition) is 1. The summed E-state index contributed by atoms with van der Waals surface area (Å²) in [6.07, 6.45) is 3.98. The maximum Gasteiger partial charge on any atom is 0.338 e. The number of non-ortho nitro benzene ring substituents is 1. The molecule has 1 saturated carbocycles. The number of benzene rings is 1. The summed E-state index contributed by atoms with van der Waals surface area (Å²) in [5.41, 5.74) is 0.297. The van der Waals surface area contributed by atoms with Gasteiger partial charge in [0.25, 0.3) is 11.6 Å². The highest BCUT2D eigenvalue weighted by Gasteiger charge is 2.22. The van der Waals surface area contributed by atoms with Gasteiger partial charge in [0.1, 0.15) is 0 Å². The number of rotatable bonds is 8.